The molecule has 0 amide bonds. The van der Waals surface area contributed by atoms with Gasteiger partial charge in [-0.3, -0.25) is 8.87 Å². The van der Waals surface area contributed by atoms with Crippen LogP contribution in [-0.4, -0.2) is 64.3 Å². The Labute approximate surface area is 205 Å². The van der Waals surface area contributed by atoms with Crippen LogP contribution in [0.1, 0.15) is 56.4 Å². The van der Waals surface area contributed by atoms with Crippen LogP contribution in [0.4, 0.5) is 5.13 Å². The van der Waals surface area contributed by atoms with E-state index < -0.39 is 0 Å². The van der Waals surface area contributed by atoms with Crippen molar-refractivity contribution in [2.45, 2.75) is 56.9 Å². The molecule has 3 aromatic heterocycles. The summed E-state index contributed by atoms with van der Waals surface area (Å²) in [6.45, 7) is 6.34. The van der Waals surface area contributed by atoms with Crippen LogP contribution >= 0.6 is 24.2 Å². The van der Waals surface area contributed by atoms with Crippen molar-refractivity contribution in [2.75, 3.05) is 44.3 Å². The largest absolute Gasteiger partial charge is 0.380 e. The van der Waals surface area contributed by atoms with Crippen molar-refractivity contribution in [3.63, 3.8) is 0 Å². The van der Waals surface area contributed by atoms with E-state index in [1.165, 1.54) is 62.4 Å². The number of anilines is 1. The Morgan fingerprint density at radius 1 is 1.00 bits per heavy atom. The molecule has 0 bridgehead atoms. The minimum Gasteiger partial charge on any atom is -0.380 e. The lowest BCUT2D eigenvalue weighted by atomic mass is 9.81. The zero-order valence-corrected chi connectivity index (χ0v) is 20.9. The lowest BCUT2D eigenvalue weighted by Gasteiger charge is -2.36. The fraction of sp³-hybridized carbons (Fsp3) is 0.600. The molecular formula is C25H33N5OS2. The molecule has 6 rings (SSSR count). The van der Waals surface area contributed by atoms with Gasteiger partial charge in [0, 0.05) is 67.6 Å². The van der Waals surface area contributed by atoms with Gasteiger partial charge in [0.05, 0.1) is 12.3 Å². The highest BCUT2D eigenvalue weighted by atomic mass is 32.1. The summed E-state index contributed by atoms with van der Waals surface area (Å²) < 4.78 is 7.51. The second kappa shape index (κ2) is 9.56. The van der Waals surface area contributed by atoms with Gasteiger partial charge in [-0.15, -0.1) is 11.3 Å². The third kappa shape index (κ3) is 4.43. The van der Waals surface area contributed by atoms with Gasteiger partial charge < -0.3 is 9.64 Å². The van der Waals surface area contributed by atoms with E-state index in [1.54, 1.807) is 11.3 Å². The topological polar surface area (TPSA) is 46.4 Å². The van der Waals surface area contributed by atoms with E-state index in [0.29, 0.717) is 12.0 Å². The predicted octanol–water partition coefficient (Wildman–Crippen LogP) is 5.20. The van der Waals surface area contributed by atoms with Gasteiger partial charge in [0.2, 0.25) is 0 Å². The average molecular weight is 484 g/mol. The molecule has 2 saturated heterocycles. The van der Waals surface area contributed by atoms with Crippen molar-refractivity contribution in [2.24, 2.45) is 0 Å². The van der Waals surface area contributed by atoms with Crippen LogP contribution in [0.3, 0.4) is 0 Å². The fourth-order valence-corrected chi connectivity index (χ4v) is 7.04. The van der Waals surface area contributed by atoms with Gasteiger partial charge in [0.15, 0.2) is 5.13 Å². The first kappa shape index (κ1) is 21.9. The standard InChI is InChI=1S/C25H33N5OS2/c32-30-16-22(23-17-33-25(27-23)29-8-1-2-9-29)21-14-19(15-26-24(21)30)18-4-6-20(7-5-18)28-10-3-12-31-13-11-28/h14-18,20,32H,1-13H2/t18-,20-. The molecule has 0 atom stereocenters. The third-order valence-corrected chi connectivity index (χ3v) is 8.94. The highest BCUT2D eigenvalue weighted by Crippen LogP contribution is 2.39. The van der Waals surface area contributed by atoms with Crippen LogP contribution in [0.5, 0.6) is 0 Å². The van der Waals surface area contributed by atoms with Gasteiger partial charge >= 0.3 is 0 Å². The van der Waals surface area contributed by atoms with Crippen LogP contribution in [0.25, 0.3) is 22.3 Å². The second-order valence-electron chi connectivity index (χ2n) is 9.74. The smallest absolute Gasteiger partial charge is 0.185 e. The number of rotatable bonds is 4. The summed E-state index contributed by atoms with van der Waals surface area (Å²) in [5.41, 5.74) is 4.49. The monoisotopic (exact) mass is 483 g/mol. The zero-order chi connectivity index (χ0) is 22.2. The Kier molecular flexibility index (Phi) is 6.34. The van der Waals surface area contributed by atoms with Gasteiger partial charge in [-0.25, -0.2) is 9.97 Å². The van der Waals surface area contributed by atoms with Crippen molar-refractivity contribution in [3.8, 4) is 11.3 Å². The molecule has 1 saturated carbocycles. The molecule has 1 aliphatic carbocycles. The molecule has 3 aliphatic rings. The summed E-state index contributed by atoms with van der Waals surface area (Å²) in [5, 5.41) is 4.51. The molecule has 0 unspecified atom stereocenters. The Morgan fingerprint density at radius 3 is 2.70 bits per heavy atom. The maximum absolute atomic E-state index is 5.66. The first-order chi connectivity index (χ1) is 16.3. The lowest BCUT2D eigenvalue weighted by Crippen LogP contribution is -2.39. The fourth-order valence-electron chi connectivity index (χ4n) is 5.88. The minimum absolute atomic E-state index is 0.591. The summed E-state index contributed by atoms with van der Waals surface area (Å²) in [6, 6.07) is 3.08. The molecular weight excluding hydrogens is 450 g/mol. The second-order valence-corrected chi connectivity index (χ2v) is 11.0. The maximum atomic E-state index is 5.66. The molecule has 6 nitrogen and oxygen atoms in total. The number of nitrogens with zero attached hydrogens (tertiary/aromatic N) is 5. The van der Waals surface area contributed by atoms with E-state index in [2.05, 4.69) is 46.5 Å². The highest BCUT2D eigenvalue weighted by molar-refractivity contribution is 7.78. The molecule has 176 valence electrons. The number of pyridine rings is 1. The summed E-state index contributed by atoms with van der Waals surface area (Å²) in [6.07, 6.45) is 12.9. The number of fused-ring (bicyclic) bond motifs is 1. The molecule has 8 heteroatoms. The SMILES string of the molecule is Sn1cc(-c2csc(N3CCCC3)n2)c2cc([C@H]3CC[C@H](N4CCCOCC4)CC3)cnc21. The van der Waals surface area contributed by atoms with Gasteiger partial charge in [-0.1, -0.05) is 12.8 Å². The number of ether oxygens (including phenoxy) is 1. The van der Waals surface area contributed by atoms with Crippen LogP contribution in [0.2, 0.25) is 0 Å². The Bertz CT molecular complexity index is 1090. The van der Waals surface area contributed by atoms with E-state index in [4.69, 9.17) is 14.7 Å². The third-order valence-electron chi connectivity index (χ3n) is 7.73. The van der Waals surface area contributed by atoms with Crippen molar-refractivity contribution in [3.05, 3.63) is 29.4 Å². The number of hydrogen-bond donors (Lipinski definition) is 1. The predicted molar refractivity (Wildman–Crippen MR) is 139 cm³/mol. The molecule has 0 spiro atoms. The summed E-state index contributed by atoms with van der Waals surface area (Å²) in [5.74, 6) is 0.591. The Morgan fingerprint density at radius 2 is 1.85 bits per heavy atom. The van der Waals surface area contributed by atoms with E-state index in [1.807, 2.05) is 3.97 Å². The number of hydrogen-bond acceptors (Lipinski definition) is 7. The first-order valence-electron chi connectivity index (χ1n) is 12.5. The van der Waals surface area contributed by atoms with Crippen molar-refractivity contribution in [1.29, 1.82) is 0 Å². The summed E-state index contributed by atoms with van der Waals surface area (Å²) in [7, 11) is 0. The summed E-state index contributed by atoms with van der Waals surface area (Å²) >= 11 is 6.41. The number of aromatic nitrogens is 3. The van der Waals surface area contributed by atoms with E-state index in [0.717, 1.165) is 54.9 Å². The molecule has 5 heterocycles. The lowest BCUT2D eigenvalue weighted by molar-refractivity contribution is 0.118. The normalized spacial score (nSPS) is 25.1. The quantitative estimate of drug-likeness (QED) is 0.517. The molecule has 0 N–H and O–H groups in total. The van der Waals surface area contributed by atoms with Crippen molar-refractivity contribution >= 4 is 40.3 Å². The maximum Gasteiger partial charge on any atom is 0.185 e. The molecule has 3 fully saturated rings. The number of thiol groups is 1. The van der Waals surface area contributed by atoms with Crippen LogP contribution in [0, 0.1) is 0 Å². The first-order valence-corrected chi connectivity index (χ1v) is 13.8. The minimum atomic E-state index is 0.591. The van der Waals surface area contributed by atoms with E-state index in [-0.39, 0.29) is 0 Å². The Balaban J connectivity index is 1.22. The highest BCUT2D eigenvalue weighted by Gasteiger charge is 2.28. The van der Waals surface area contributed by atoms with Crippen LogP contribution in [-0.2, 0) is 4.74 Å². The zero-order valence-electron chi connectivity index (χ0n) is 19.2. The van der Waals surface area contributed by atoms with Crippen molar-refractivity contribution < 1.29 is 4.74 Å². The molecule has 0 radical (unpaired) electrons. The molecule has 33 heavy (non-hydrogen) atoms. The summed E-state index contributed by atoms with van der Waals surface area (Å²) in [4.78, 5) is 14.9. The van der Waals surface area contributed by atoms with E-state index >= 15 is 0 Å². The molecule has 2 aliphatic heterocycles. The van der Waals surface area contributed by atoms with Gasteiger partial charge in [-0.2, -0.15) is 0 Å². The van der Waals surface area contributed by atoms with Gasteiger partial charge in [0.25, 0.3) is 0 Å². The van der Waals surface area contributed by atoms with Gasteiger partial charge in [0.1, 0.15) is 5.65 Å². The number of thiazole rings is 1. The van der Waals surface area contributed by atoms with E-state index in [9.17, 15) is 0 Å². The van der Waals surface area contributed by atoms with Crippen molar-refractivity contribution in [1.82, 2.24) is 18.8 Å². The molecule has 0 aromatic carbocycles. The Hall–Kier alpha value is -1.61. The van der Waals surface area contributed by atoms with Crippen LogP contribution in [0.15, 0.2) is 23.8 Å². The molecule has 3 aromatic rings. The van der Waals surface area contributed by atoms with Gasteiger partial charge in [-0.05, 0) is 62.5 Å². The van der Waals surface area contributed by atoms with Crippen LogP contribution < -0.4 is 4.90 Å². The average Bonchev–Trinajstić information content (AvgIpc) is 3.56.